The van der Waals surface area contributed by atoms with Crippen molar-refractivity contribution in [3.05, 3.63) is 65.1 Å². The van der Waals surface area contributed by atoms with E-state index in [4.69, 9.17) is 17.3 Å². The van der Waals surface area contributed by atoms with Crippen molar-refractivity contribution in [2.45, 2.75) is 19.3 Å². The quantitative estimate of drug-likeness (QED) is 0.611. The molecular weight excluding hydrogens is 402 g/mol. The van der Waals surface area contributed by atoms with Crippen LogP contribution in [0.25, 0.3) is 11.7 Å². The largest absolute Gasteiger partial charge is 0.370 e. The molecule has 0 atom stereocenters. The zero-order chi connectivity index (χ0) is 21.1. The van der Waals surface area contributed by atoms with Crippen LogP contribution in [-0.4, -0.2) is 34.3 Å². The number of imidazole rings is 1. The van der Waals surface area contributed by atoms with Crippen LogP contribution in [0.15, 0.2) is 48.7 Å². The van der Waals surface area contributed by atoms with Crippen LogP contribution in [0, 0.1) is 0 Å². The number of carbonyl (C=O) groups excluding carboxylic acids is 2. The third-order valence-corrected chi connectivity index (χ3v) is 5.43. The Labute approximate surface area is 179 Å². The summed E-state index contributed by atoms with van der Waals surface area (Å²) >= 11 is 6.22. The highest BCUT2D eigenvalue weighted by Crippen LogP contribution is 2.30. The summed E-state index contributed by atoms with van der Waals surface area (Å²) in [5.41, 5.74) is 8.54. The van der Waals surface area contributed by atoms with E-state index in [2.05, 4.69) is 15.2 Å². The van der Waals surface area contributed by atoms with Gasteiger partial charge in [-0.3, -0.25) is 14.0 Å². The zero-order valence-corrected chi connectivity index (χ0v) is 17.1. The van der Waals surface area contributed by atoms with Gasteiger partial charge in [0, 0.05) is 30.9 Å². The van der Waals surface area contributed by atoms with Gasteiger partial charge < -0.3 is 16.0 Å². The topological polar surface area (TPSA) is 92.7 Å². The van der Waals surface area contributed by atoms with E-state index in [0.717, 1.165) is 31.6 Å². The summed E-state index contributed by atoms with van der Waals surface area (Å²) in [7, 11) is 0. The van der Waals surface area contributed by atoms with Gasteiger partial charge in [-0.25, -0.2) is 4.98 Å². The molecule has 1 saturated heterocycles. The number of anilines is 2. The number of piperidine rings is 1. The molecule has 1 fully saturated rings. The molecule has 1 aromatic carbocycles. The van der Waals surface area contributed by atoms with Gasteiger partial charge in [-0.15, -0.1) is 0 Å². The number of nitrogens with zero attached hydrogens (tertiary/aromatic N) is 3. The van der Waals surface area contributed by atoms with Gasteiger partial charge in [0.05, 0.1) is 17.1 Å². The Morgan fingerprint density at radius 3 is 2.70 bits per heavy atom. The Morgan fingerprint density at radius 1 is 1.13 bits per heavy atom. The Hall–Kier alpha value is -3.32. The fraction of sp³-hybridized carbons (Fsp3) is 0.227. The molecule has 154 valence electrons. The molecule has 3 heterocycles. The van der Waals surface area contributed by atoms with E-state index >= 15 is 0 Å². The Morgan fingerprint density at radius 2 is 1.93 bits per heavy atom. The standard InChI is InChI=1S/C22H22ClN5O2/c23-21-18(28-13-5-2-6-19(28)26-21)9-10-20(29)25-16-14-15(22(24)30)7-8-17(16)27-11-3-1-4-12-27/h2,5-10,13-14H,1,3-4,11-12H2,(H2,24,30)(H,25,29)/b10-9+. The molecule has 0 aliphatic carbocycles. The molecular formula is C22H22ClN5O2. The van der Waals surface area contributed by atoms with E-state index in [9.17, 15) is 9.59 Å². The Bertz CT molecular complexity index is 1130. The van der Waals surface area contributed by atoms with Gasteiger partial charge in [0.2, 0.25) is 11.8 Å². The third-order valence-electron chi connectivity index (χ3n) is 5.15. The highest BCUT2D eigenvalue weighted by molar-refractivity contribution is 6.31. The zero-order valence-electron chi connectivity index (χ0n) is 16.3. The van der Waals surface area contributed by atoms with Crippen molar-refractivity contribution >= 4 is 46.5 Å². The van der Waals surface area contributed by atoms with Gasteiger partial charge in [-0.2, -0.15) is 0 Å². The van der Waals surface area contributed by atoms with Crippen LogP contribution in [-0.2, 0) is 4.79 Å². The highest BCUT2D eigenvalue weighted by atomic mass is 35.5. The van der Waals surface area contributed by atoms with Crippen molar-refractivity contribution in [2.75, 3.05) is 23.3 Å². The molecule has 7 nitrogen and oxygen atoms in total. The van der Waals surface area contributed by atoms with E-state index in [1.807, 2.05) is 30.5 Å². The lowest BCUT2D eigenvalue weighted by molar-refractivity contribution is -0.111. The maximum atomic E-state index is 12.7. The Kier molecular flexibility index (Phi) is 5.72. The van der Waals surface area contributed by atoms with Crippen molar-refractivity contribution in [2.24, 2.45) is 5.73 Å². The molecule has 0 radical (unpaired) electrons. The van der Waals surface area contributed by atoms with Crippen molar-refractivity contribution in [3.63, 3.8) is 0 Å². The number of nitrogens with one attached hydrogen (secondary N) is 1. The van der Waals surface area contributed by atoms with E-state index in [1.165, 1.54) is 12.5 Å². The molecule has 30 heavy (non-hydrogen) atoms. The first-order chi connectivity index (χ1) is 14.5. The number of aromatic nitrogens is 2. The average Bonchev–Trinajstić information content (AvgIpc) is 3.07. The van der Waals surface area contributed by atoms with E-state index in [-0.39, 0.29) is 5.91 Å². The molecule has 3 N–H and O–H groups in total. The molecule has 2 amide bonds. The second-order valence-corrected chi connectivity index (χ2v) is 7.54. The predicted octanol–water partition coefficient (Wildman–Crippen LogP) is 3.73. The number of amides is 2. The predicted molar refractivity (Wildman–Crippen MR) is 119 cm³/mol. The summed E-state index contributed by atoms with van der Waals surface area (Å²) in [5, 5.41) is 3.20. The first-order valence-corrected chi connectivity index (χ1v) is 10.2. The minimum atomic E-state index is -0.538. The SMILES string of the molecule is NC(=O)c1ccc(N2CCCCC2)c(NC(=O)/C=C/c2c(Cl)nc3ccccn23)c1. The smallest absolute Gasteiger partial charge is 0.248 e. The normalized spacial score (nSPS) is 14.4. The summed E-state index contributed by atoms with van der Waals surface area (Å²) in [6.07, 6.45) is 8.24. The van der Waals surface area contributed by atoms with E-state index < -0.39 is 5.91 Å². The average molecular weight is 424 g/mol. The molecule has 1 aliphatic heterocycles. The first-order valence-electron chi connectivity index (χ1n) is 9.83. The molecule has 3 aromatic rings. The molecule has 4 rings (SSSR count). The molecule has 0 saturated carbocycles. The number of rotatable bonds is 5. The minimum Gasteiger partial charge on any atom is -0.370 e. The highest BCUT2D eigenvalue weighted by Gasteiger charge is 2.17. The summed E-state index contributed by atoms with van der Waals surface area (Å²) in [5.74, 6) is -0.874. The number of nitrogens with two attached hydrogens (primary N) is 1. The van der Waals surface area contributed by atoms with Crippen LogP contribution in [0.2, 0.25) is 5.15 Å². The fourth-order valence-corrected chi connectivity index (χ4v) is 3.90. The van der Waals surface area contributed by atoms with E-state index in [0.29, 0.717) is 27.7 Å². The molecule has 0 unspecified atom stereocenters. The molecule has 2 aromatic heterocycles. The number of halogens is 1. The number of hydrogen-bond donors (Lipinski definition) is 2. The van der Waals surface area contributed by atoms with Crippen molar-refractivity contribution < 1.29 is 9.59 Å². The maximum Gasteiger partial charge on any atom is 0.248 e. The van der Waals surface area contributed by atoms with Crippen molar-refractivity contribution in [3.8, 4) is 0 Å². The van der Waals surface area contributed by atoms with Crippen LogP contribution in [0.3, 0.4) is 0 Å². The number of fused-ring (bicyclic) bond motifs is 1. The first kappa shape index (κ1) is 20.0. The lowest BCUT2D eigenvalue weighted by Gasteiger charge is -2.30. The summed E-state index contributed by atoms with van der Waals surface area (Å²) in [6.45, 7) is 1.82. The molecule has 1 aliphatic rings. The van der Waals surface area contributed by atoms with Crippen LogP contribution >= 0.6 is 11.6 Å². The van der Waals surface area contributed by atoms with Gasteiger partial charge in [-0.1, -0.05) is 17.7 Å². The second kappa shape index (κ2) is 8.59. The van der Waals surface area contributed by atoms with Crippen LogP contribution in [0.4, 0.5) is 11.4 Å². The van der Waals surface area contributed by atoms with Crippen LogP contribution < -0.4 is 16.0 Å². The number of benzene rings is 1. The van der Waals surface area contributed by atoms with Gasteiger partial charge in [-0.05, 0) is 55.7 Å². The lowest BCUT2D eigenvalue weighted by atomic mass is 10.1. The van der Waals surface area contributed by atoms with Crippen molar-refractivity contribution in [1.29, 1.82) is 0 Å². The number of carbonyl (C=O) groups is 2. The van der Waals surface area contributed by atoms with Crippen LogP contribution in [0.5, 0.6) is 0 Å². The Balaban J connectivity index is 1.60. The number of pyridine rings is 1. The van der Waals surface area contributed by atoms with Gasteiger partial charge in [0.1, 0.15) is 5.65 Å². The summed E-state index contributed by atoms with van der Waals surface area (Å²) < 4.78 is 1.80. The summed E-state index contributed by atoms with van der Waals surface area (Å²) in [4.78, 5) is 30.8. The van der Waals surface area contributed by atoms with Gasteiger partial charge in [0.15, 0.2) is 5.15 Å². The maximum absolute atomic E-state index is 12.7. The molecule has 0 spiro atoms. The number of hydrogen-bond acceptors (Lipinski definition) is 4. The van der Waals surface area contributed by atoms with Gasteiger partial charge >= 0.3 is 0 Å². The van der Waals surface area contributed by atoms with E-state index in [1.54, 1.807) is 22.6 Å². The second-order valence-electron chi connectivity index (χ2n) is 7.18. The monoisotopic (exact) mass is 423 g/mol. The van der Waals surface area contributed by atoms with Crippen LogP contribution in [0.1, 0.15) is 35.3 Å². The van der Waals surface area contributed by atoms with Crippen molar-refractivity contribution in [1.82, 2.24) is 9.38 Å². The molecule has 0 bridgehead atoms. The fourth-order valence-electron chi connectivity index (χ4n) is 3.66. The lowest BCUT2D eigenvalue weighted by Crippen LogP contribution is -2.30. The minimum absolute atomic E-state index is 0.315. The van der Waals surface area contributed by atoms with Gasteiger partial charge in [0.25, 0.3) is 0 Å². The summed E-state index contributed by atoms with van der Waals surface area (Å²) in [6, 6.07) is 10.7. The third kappa shape index (κ3) is 4.16. The number of primary amides is 1. The molecule has 8 heteroatoms.